The summed E-state index contributed by atoms with van der Waals surface area (Å²) in [5.41, 5.74) is 3.33. The molecule has 0 atom stereocenters. The van der Waals surface area contributed by atoms with Crippen LogP contribution in [0.4, 0.5) is 11.4 Å². The van der Waals surface area contributed by atoms with Gasteiger partial charge in [0.15, 0.2) is 18.1 Å². The van der Waals surface area contributed by atoms with E-state index in [-0.39, 0.29) is 23.9 Å². The molecule has 1 N–H and O–H groups in total. The molecule has 0 saturated heterocycles. The van der Waals surface area contributed by atoms with Gasteiger partial charge in [0.1, 0.15) is 0 Å². The van der Waals surface area contributed by atoms with Crippen molar-refractivity contribution in [3.8, 4) is 5.75 Å². The van der Waals surface area contributed by atoms with E-state index in [0.717, 1.165) is 12.0 Å². The molecule has 3 rings (SSSR count). The van der Waals surface area contributed by atoms with Gasteiger partial charge in [-0.05, 0) is 30.0 Å². The smallest absolute Gasteiger partial charge is 0.311 e. The van der Waals surface area contributed by atoms with Crippen molar-refractivity contribution in [2.75, 3.05) is 12.4 Å². The van der Waals surface area contributed by atoms with E-state index in [1.165, 1.54) is 24.8 Å². The molecule has 3 aromatic rings. The Labute approximate surface area is 168 Å². The number of rotatable bonds is 7. The zero-order valence-corrected chi connectivity index (χ0v) is 16.3. The average Bonchev–Trinajstić information content (AvgIpc) is 2.71. The summed E-state index contributed by atoms with van der Waals surface area (Å²) in [6, 6.07) is 17.0. The molecule has 148 valence electrons. The molecule has 0 fully saturated rings. The number of amides is 1. The maximum Gasteiger partial charge on any atom is 0.311 e. The molecule has 0 aliphatic carbocycles. The summed E-state index contributed by atoms with van der Waals surface area (Å²) in [4.78, 5) is 23.0. The van der Waals surface area contributed by atoms with Crippen molar-refractivity contribution in [1.82, 2.24) is 0 Å². The van der Waals surface area contributed by atoms with Crippen molar-refractivity contribution in [2.45, 2.75) is 19.9 Å². The lowest BCUT2D eigenvalue weighted by molar-refractivity contribution is -0.684. The quantitative estimate of drug-likeness (QED) is 0.379. The van der Waals surface area contributed by atoms with Gasteiger partial charge in [-0.25, -0.2) is 0 Å². The Morgan fingerprint density at radius 2 is 1.76 bits per heavy atom. The highest BCUT2D eigenvalue weighted by Gasteiger charge is 2.19. The standard InChI is InChI=1S/C22H21N3O4/c1-16-12-20(25(27)28)21(29-2)14-19(16)23-22(26)15-24-10-8-18(9-11-24)13-17-6-4-3-5-7-17/h3-12,14H,13,15H2,1-2H3/p+1. The summed E-state index contributed by atoms with van der Waals surface area (Å²) >= 11 is 0. The SMILES string of the molecule is COc1cc(NC(=O)C[n+]2ccc(Cc3ccccc3)cc2)c(C)cc1[N+](=O)[O-]. The van der Waals surface area contributed by atoms with E-state index in [1.807, 2.05) is 42.7 Å². The fourth-order valence-electron chi connectivity index (χ4n) is 3.01. The van der Waals surface area contributed by atoms with Crippen LogP contribution in [0.15, 0.2) is 67.0 Å². The van der Waals surface area contributed by atoms with Gasteiger partial charge in [-0.3, -0.25) is 14.9 Å². The molecule has 0 spiro atoms. The first-order valence-electron chi connectivity index (χ1n) is 9.11. The van der Waals surface area contributed by atoms with Gasteiger partial charge < -0.3 is 10.1 Å². The van der Waals surface area contributed by atoms with Crippen molar-refractivity contribution in [3.63, 3.8) is 0 Å². The lowest BCUT2D eigenvalue weighted by Crippen LogP contribution is -2.39. The van der Waals surface area contributed by atoms with E-state index in [1.54, 1.807) is 11.5 Å². The van der Waals surface area contributed by atoms with E-state index in [2.05, 4.69) is 17.4 Å². The van der Waals surface area contributed by atoms with E-state index < -0.39 is 4.92 Å². The lowest BCUT2D eigenvalue weighted by atomic mass is 10.1. The van der Waals surface area contributed by atoms with Gasteiger partial charge in [0, 0.05) is 30.0 Å². The maximum absolute atomic E-state index is 12.4. The van der Waals surface area contributed by atoms with Crippen LogP contribution in [-0.2, 0) is 17.8 Å². The minimum atomic E-state index is -0.510. The second kappa shape index (κ2) is 8.97. The van der Waals surface area contributed by atoms with Crippen molar-refractivity contribution in [2.24, 2.45) is 0 Å². The number of carbonyl (C=O) groups excluding carboxylic acids is 1. The maximum atomic E-state index is 12.4. The Hall–Kier alpha value is -3.74. The number of ether oxygens (including phenoxy) is 1. The number of nitrogens with one attached hydrogen (secondary N) is 1. The van der Waals surface area contributed by atoms with Gasteiger partial charge in [-0.2, -0.15) is 4.57 Å². The number of methoxy groups -OCH3 is 1. The van der Waals surface area contributed by atoms with Crippen LogP contribution in [0.2, 0.25) is 0 Å². The van der Waals surface area contributed by atoms with Crippen LogP contribution in [0.5, 0.6) is 5.75 Å². The van der Waals surface area contributed by atoms with Crippen molar-refractivity contribution in [3.05, 3.63) is 93.8 Å². The van der Waals surface area contributed by atoms with Crippen LogP contribution in [0.1, 0.15) is 16.7 Å². The molecule has 7 heteroatoms. The van der Waals surface area contributed by atoms with Gasteiger partial charge in [-0.1, -0.05) is 30.3 Å². The number of benzene rings is 2. The van der Waals surface area contributed by atoms with Crippen LogP contribution in [0, 0.1) is 17.0 Å². The van der Waals surface area contributed by atoms with Gasteiger partial charge in [0.05, 0.1) is 12.0 Å². The van der Waals surface area contributed by atoms with Gasteiger partial charge in [0.2, 0.25) is 6.54 Å². The van der Waals surface area contributed by atoms with Crippen LogP contribution >= 0.6 is 0 Å². The Bertz CT molecular complexity index is 1020. The fraction of sp³-hybridized carbons (Fsp3) is 0.182. The summed E-state index contributed by atoms with van der Waals surface area (Å²) in [6.45, 7) is 1.83. The molecule has 1 amide bonds. The van der Waals surface area contributed by atoms with Crippen LogP contribution in [0.3, 0.4) is 0 Å². The molecule has 0 aliphatic heterocycles. The fourth-order valence-corrected chi connectivity index (χ4v) is 3.01. The van der Waals surface area contributed by atoms with Gasteiger partial charge >= 0.3 is 5.69 Å². The highest BCUT2D eigenvalue weighted by molar-refractivity contribution is 5.91. The first-order valence-corrected chi connectivity index (χ1v) is 9.11. The zero-order chi connectivity index (χ0) is 20.8. The van der Waals surface area contributed by atoms with Crippen molar-refractivity contribution in [1.29, 1.82) is 0 Å². The number of hydrogen-bond acceptors (Lipinski definition) is 4. The molecule has 0 saturated carbocycles. The topological polar surface area (TPSA) is 85.3 Å². The minimum Gasteiger partial charge on any atom is -0.490 e. The lowest BCUT2D eigenvalue weighted by Gasteiger charge is -2.10. The first kappa shape index (κ1) is 20.0. The van der Waals surface area contributed by atoms with Crippen molar-refractivity contribution < 1.29 is 19.0 Å². The average molecular weight is 392 g/mol. The van der Waals surface area contributed by atoms with E-state index in [4.69, 9.17) is 4.74 Å². The summed E-state index contributed by atoms with van der Waals surface area (Å²) in [5.74, 6) is -0.126. The van der Waals surface area contributed by atoms with Crippen molar-refractivity contribution >= 4 is 17.3 Å². The predicted molar refractivity (Wildman–Crippen MR) is 109 cm³/mol. The Morgan fingerprint density at radius 1 is 1.10 bits per heavy atom. The molecule has 1 heterocycles. The van der Waals surface area contributed by atoms with Gasteiger partial charge in [0.25, 0.3) is 5.91 Å². The van der Waals surface area contributed by atoms with Crippen LogP contribution < -0.4 is 14.6 Å². The molecule has 1 aromatic heterocycles. The number of aryl methyl sites for hydroxylation is 1. The Morgan fingerprint density at radius 3 is 2.38 bits per heavy atom. The molecule has 7 nitrogen and oxygen atoms in total. The number of aromatic nitrogens is 1. The largest absolute Gasteiger partial charge is 0.490 e. The van der Waals surface area contributed by atoms with Crippen LogP contribution in [0.25, 0.3) is 0 Å². The monoisotopic (exact) mass is 392 g/mol. The molecule has 0 radical (unpaired) electrons. The number of nitro benzene ring substituents is 1. The summed E-state index contributed by atoms with van der Waals surface area (Å²) in [5, 5.41) is 13.9. The molecular formula is C22H22N3O4+. The molecular weight excluding hydrogens is 370 g/mol. The van der Waals surface area contributed by atoms with Gasteiger partial charge in [-0.15, -0.1) is 0 Å². The summed E-state index contributed by atoms with van der Waals surface area (Å²) < 4.78 is 6.85. The second-order valence-electron chi connectivity index (χ2n) is 6.69. The second-order valence-corrected chi connectivity index (χ2v) is 6.69. The Kier molecular flexibility index (Phi) is 6.19. The van der Waals surface area contributed by atoms with E-state index >= 15 is 0 Å². The zero-order valence-electron chi connectivity index (χ0n) is 16.3. The highest BCUT2D eigenvalue weighted by atomic mass is 16.6. The number of anilines is 1. The Balaban J connectivity index is 1.65. The molecule has 0 aliphatic rings. The molecule has 0 unspecified atom stereocenters. The number of carbonyl (C=O) groups is 1. The highest BCUT2D eigenvalue weighted by Crippen LogP contribution is 2.32. The molecule has 2 aromatic carbocycles. The first-order chi connectivity index (χ1) is 14.0. The predicted octanol–water partition coefficient (Wildman–Crippen LogP) is 3.43. The van der Waals surface area contributed by atoms with E-state index in [9.17, 15) is 14.9 Å². The summed E-state index contributed by atoms with van der Waals surface area (Å²) in [6.07, 6.45) is 4.55. The van der Waals surface area contributed by atoms with E-state index in [0.29, 0.717) is 11.3 Å². The minimum absolute atomic E-state index is 0.105. The molecule has 29 heavy (non-hydrogen) atoms. The normalized spacial score (nSPS) is 10.4. The third-order valence-corrected chi connectivity index (χ3v) is 4.53. The number of nitro groups is 1. The molecule has 0 bridgehead atoms. The van der Waals surface area contributed by atoms with Crippen LogP contribution in [-0.4, -0.2) is 17.9 Å². The number of hydrogen-bond donors (Lipinski definition) is 1. The third-order valence-electron chi connectivity index (χ3n) is 4.53. The number of pyridine rings is 1. The number of nitrogens with zero attached hydrogens (tertiary/aromatic N) is 2. The summed E-state index contributed by atoms with van der Waals surface area (Å²) in [7, 11) is 1.36. The third kappa shape index (κ3) is 5.16.